The third-order valence-electron chi connectivity index (χ3n) is 4.05. The largest absolute Gasteiger partial charge is 0.371 e. The van der Waals surface area contributed by atoms with Gasteiger partial charge in [-0.25, -0.2) is 0 Å². The van der Waals surface area contributed by atoms with Gasteiger partial charge in [0, 0.05) is 24.5 Å². The molecular weight excluding hydrogens is 292 g/mol. The van der Waals surface area contributed by atoms with Gasteiger partial charge in [-0.15, -0.1) is 0 Å². The normalized spacial score (nSPS) is 15.6. The molecule has 0 saturated carbocycles. The number of nitrogens with zero attached hydrogens (tertiary/aromatic N) is 1. The Balaban J connectivity index is 1.85. The summed E-state index contributed by atoms with van der Waals surface area (Å²) in [5, 5.41) is 5.38. The van der Waals surface area contributed by atoms with Crippen molar-refractivity contribution in [2.45, 2.75) is 32.7 Å². The Morgan fingerprint density at radius 2 is 1.96 bits per heavy atom. The molecule has 6 heteroatoms. The molecule has 4 N–H and O–H groups in total. The van der Waals surface area contributed by atoms with Crippen LogP contribution >= 0.6 is 0 Å². The lowest BCUT2D eigenvalue weighted by Crippen LogP contribution is -2.46. The maximum absolute atomic E-state index is 12.0. The maximum atomic E-state index is 12.0. The molecule has 1 aromatic rings. The van der Waals surface area contributed by atoms with Gasteiger partial charge in [0.1, 0.15) is 0 Å². The first-order valence-electron chi connectivity index (χ1n) is 8.15. The van der Waals surface area contributed by atoms with Crippen LogP contribution in [-0.4, -0.2) is 37.5 Å². The van der Waals surface area contributed by atoms with Crippen LogP contribution in [-0.2, 0) is 9.59 Å². The Bertz CT molecular complexity index is 553. The van der Waals surface area contributed by atoms with Gasteiger partial charge in [0.05, 0.1) is 12.6 Å². The van der Waals surface area contributed by atoms with Gasteiger partial charge in [0.2, 0.25) is 11.8 Å². The van der Waals surface area contributed by atoms with E-state index in [1.54, 1.807) is 0 Å². The molecule has 23 heavy (non-hydrogen) atoms. The number of hydrogen-bond donors (Lipinski definition) is 3. The lowest BCUT2D eigenvalue weighted by Gasteiger charge is -2.18. The molecule has 1 fully saturated rings. The van der Waals surface area contributed by atoms with Crippen LogP contribution in [0.4, 0.5) is 11.4 Å². The van der Waals surface area contributed by atoms with Crippen LogP contribution in [0.15, 0.2) is 24.3 Å². The first-order chi connectivity index (χ1) is 11.0. The van der Waals surface area contributed by atoms with E-state index in [2.05, 4.69) is 15.5 Å². The average molecular weight is 318 g/mol. The van der Waals surface area contributed by atoms with Crippen LogP contribution in [0.25, 0.3) is 0 Å². The number of carbonyl (C=O) groups excluding carboxylic acids is 2. The van der Waals surface area contributed by atoms with E-state index >= 15 is 0 Å². The number of anilines is 2. The molecule has 1 heterocycles. The van der Waals surface area contributed by atoms with Gasteiger partial charge in [0.25, 0.3) is 0 Å². The molecule has 0 unspecified atom stereocenters. The quantitative estimate of drug-likeness (QED) is 0.738. The van der Waals surface area contributed by atoms with E-state index < -0.39 is 6.04 Å². The molecule has 6 nitrogen and oxygen atoms in total. The zero-order valence-corrected chi connectivity index (χ0v) is 13.8. The second-order valence-electron chi connectivity index (χ2n) is 6.28. The van der Waals surface area contributed by atoms with Crippen LogP contribution in [0.1, 0.15) is 26.7 Å². The molecule has 0 spiro atoms. The molecule has 1 saturated heterocycles. The third kappa shape index (κ3) is 4.96. The SMILES string of the molecule is CC(C)[C@H](N)C(=O)NCC(=O)Nc1cccc(N2CCCC2)c1. The zero-order chi connectivity index (χ0) is 16.8. The highest BCUT2D eigenvalue weighted by atomic mass is 16.2. The standard InChI is InChI=1S/C17H26N4O2/c1-12(2)16(18)17(23)19-11-15(22)20-13-6-5-7-14(10-13)21-8-3-4-9-21/h5-7,10,12,16H,3-4,8-9,11,18H2,1-2H3,(H,19,23)(H,20,22)/t16-/m0/s1. The number of amides is 2. The fourth-order valence-electron chi connectivity index (χ4n) is 2.55. The summed E-state index contributed by atoms with van der Waals surface area (Å²) in [6.45, 7) is 5.77. The second-order valence-corrected chi connectivity index (χ2v) is 6.28. The minimum absolute atomic E-state index is 0.0372. The maximum Gasteiger partial charge on any atom is 0.243 e. The van der Waals surface area contributed by atoms with Gasteiger partial charge in [-0.3, -0.25) is 9.59 Å². The molecule has 1 aliphatic heterocycles. The molecule has 1 aliphatic rings. The minimum atomic E-state index is -0.596. The molecule has 2 amide bonds. The first kappa shape index (κ1) is 17.3. The van der Waals surface area contributed by atoms with Crippen LogP contribution in [0.2, 0.25) is 0 Å². The Morgan fingerprint density at radius 3 is 2.61 bits per heavy atom. The van der Waals surface area contributed by atoms with E-state index in [4.69, 9.17) is 5.73 Å². The number of carbonyl (C=O) groups is 2. The highest BCUT2D eigenvalue weighted by Crippen LogP contribution is 2.23. The second kappa shape index (κ2) is 7.97. The summed E-state index contributed by atoms with van der Waals surface area (Å²) in [6.07, 6.45) is 2.41. The number of benzene rings is 1. The summed E-state index contributed by atoms with van der Waals surface area (Å²) >= 11 is 0. The van der Waals surface area contributed by atoms with Crippen molar-refractivity contribution in [3.63, 3.8) is 0 Å². The highest BCUT2D eigenvalue weighted by molar-refractivity contribution is 5.95. The van der Waals surface area contributed by atoms with E-state index in [0.29, 0.717) is 0 Å². The Hall–Kier alpha value is -2.08. The predicted octanol–water partition coefficient (Wildman–Crippen LogP) is 1.32. The van der Waals surface area contributed by atoms with Crippen LogP contribution in [0, 0.1) is 5.92 Å². The van der Waals surface area contributed by atoms with Gasteiger partial charge >= 0.3 is 0 Å². The lowest BCUT2D eigenvalue weighted by atomic mass is 10.1. The van der Waals surface area contributed by atoms with Crippen molar-refractivity contribution >= 4 is 23.2 Å². The van der Waals surface area contributed by atoms with Crippen molar-refractivity contribution in [1.29, 1.82) is 0 Å². The molecular formula is C17H26N4O2. The first-order valence-corrected chi connectivity index (χ1v) is 8.15. The molecule has 2 rings (SSSR count). The Morgan fingerprint density at radius 1 is 1.26 bits per heavy atom. The van der Waals surface area contributed by atoms with E-state index in [-0.39, 0.29) is 24.3 Å². The number of nitrogens with two attached hydrogens (primary N) is 1. The summed E-state index contributed by atoms with van der Waals surface area (Å²) in [7, 11) is 0. The summed E-state index contributed by atoms with van der Waals surface area (Å²) in [5.41, 5.74) is 7.59. The lowest BCUT2D eigenvalue weighted by molar-refractivity contribution is -0.125. The fraction of sp³-hybridized carbons (Fsp3) is 0.529. The fourth-order valence-corrected chi connectivity index (χ4v) is 2.55. The van der Waals surface area contributed by atoms with Crippen molar-refractivity contribution < 1.29 is 9.59 Å². The van der Waals surface area contributed by atoms with Crippen molar-refractivity contribution in [3.8, 4) is 0 Å². The number of nitrogens with one attached hydrogen (secondary N) is 2. The van der Waals surface area contributed by atoms with Crippen LogP contribution in [0.5, 0.6) is 0 Å². The van der Waals surface area contributed by atoms with Gasteiger partial charge in [-0.2, -0.15) is 0 Å². The van der Waals surface area contributed by atoms with E-state index in [1.807, 2.05) is 38.1 Å². The highest BCUT2D eigenvalue weighted by Gasteiger charge is 2.18. The monoisotopic (exact) mass is 318 g/mol. The number of rotatable bonds is 6. The van der Waals surface area contributed by atoms with Crippen LogP contribution < -0.4 is 21.3 Å². The van der Waals surface area contributed by atoms with Gasteiger partial charge in [-0.1, -0.05) is 19.9 Å². The van der Waals surface area contributed by atoms with E-state index in [1.165, 1.54) is 12.8 Å². The van der Waals surface area contributed by atoms with Crippen LogP contribution in [0.3, 0.4) is 0 Å². The molecule has 0 aliphatic carbocycles. The number of hydrogen-bond acceptors (Lipinski definition) is 4. The topological polar surface area (TPSA) is 87.5 Å². The van der Waals surface area contributed by atoms with Gasteiger partial charge in [-0.05, 0) is 37.0 Å². The minimum Gasteiger partial charge on any atom is -0.371 e. The third-order valence-corrected chi connectivity index (χ3v) is 4.05. The van der Waals surface area contributed by atoms with Gasteiger partial charge < -0.3 is 21.3 Å². The van der Waals surface area contributed by atoms with Crippen molar-refractivity contribution in [3.05, 3.63) is 24.3 Å². The summed E-state index contributed by atoms with van der Waals surface area (Å²) in [6, 6.07) is 7.19. The molecule has 1 atom stereocenters. The smallest absolute Gasteiger partial charge is 0.243 e. The molecule has 0 bridgehead atoms. The summed E-state index contributed by atoms with van der Waals surface area (Å²) in [4.78, 5) is 26.0. The van der Waals surface area contributed by atoms with E-state index in [0.717, 1.165) is 24.5 Å². The summed E-state index contributed by atoms with van der Waals surface area (Å²) < 4.78 is 0. The van der Waals surface area contributed by atoms with Crippen molar-refractivity contribution in [1.82, 2.24) is 5.32 Å². The van der Waals surface area contributed by atoms with Gasteiger partial charge in [0.15, 0.2) is 0 Å². The average Bonchev–Trinajstić information content (AvgIpc) is 3.06. The predicted molar refractivity (Wildman–Crippen MR) is 92.3 cm³/mol. The molecule has 0 radical (unpaired) electrons. The van der Waals surface area contributed by atoms with E-state index in [9.17, 15) is 9.59 Å². The zero-order valence-electron chi connectivity index (χ0n) is 13.8. The summed E-state index contributed by atoms with van der Waals surface area (Å²) in [5.74, 6) is -0.524. The van der Waals surface area contributed by atoms with Crippen molar-refractivity contribution in [2.24, 2.45) is 11.7 Å². The molecule has 0 aromatic heterocycles. The molecule has 126 valence electrons. The Kier molecular flexibility index (Phi) is 5.98. The molecule has 1 aromatic carbocycles. The Labute approximate surface area is 137 Å². The van der Waals surface area contributed by atoms with Crippen molar-refractivity contribution in [2.75, 3.05) is 29.9 Å².